The highest BCUT2D eigenvalue weighted by Gasteiger charge is 2.15. The molecule has 0 bridgehead atoms. The largest absolute Gasteiger partial charge is 0.393 e. The van der Waals surface area contributed by atoms with Gasteiger partial charge in [-0.2, -0.15) is 0 Å². The number of aliphatic hydroxyl groups excluding tert-OH is 1. The van der Waals surface area contributed by atoms with Crippen molar-refractivity contribution < 1.29 is 5.11 Å². The van der Waals surface area contributed by atoms with Gasteiger partial charge in [-0.05, 0) is 32.7 Å². The zero-order valence-electron chi connectivity index (χ0n) is 6.64. The summed E-state index contributed by atoms with van der Waals surface area (Å²) in [5.41, 5.74) is 0. The average Bonchev–Trinajstić information content (AvgIpc) is 1.75. The first-order chi connectivity index (χ1) is 4.79. The van der Waals surface area contributed by atoms with E-state index in [0.717, 1.165) is 19.0 Å². The molecule has 1 fully saturated rings. The minimum atomic E-state index is -0.146. The topological polar surface area (TPSA) is 32.3 Å². The first-order valence-corrected chi connectivity index (χ1v) is 4.20. The van der Waals surface area contributed by atoms with Gasteiger partial charge in [0.15, 0.2) is 0 Å². The lowest BCUT2D eigenvalue weighted by molar-refractivity contribution is 0.179. The molecule has 0 aromatic rings. The van der Waals surface area contributed by atoms with Gasteiger partial charge in [-0.15, -0.1) is 0 Å². The quantitative estimate of drug-likeness (QED) is 0.613. The van der Waals surface area contributed by atoms with Crippen LogP contribution in [0.1, 0.15) is 32.6 Å². The Bertz CT molecular complexity index is 89.3. The molecule has 0 heterocycles. The lowest BCUT2D eigenvalue weighted by Gasteiger charge is -2.26. The van der Waals surface area contributed by atoms with E-state index in [1.54, 1.807) is 0 Å². The molecule has 0 aliphatic heterocycles. The summed E-state index contributed by atoms with van der Waals surface area (Å²) in [6.07, 6.45) is 4.79. The number of nitrogens with one attached hydrogen (secondary N) is 1. The summed E-state index contributed by atoms with van der Waals surface area (Å²) in [6.45, 7) is 2.81. The molecule has 0 aromatic heterocycles. The fourth-order valence-corrected chi connectivity index (χ4v) is 1.11. The molecule has 0 aromatic carbocycles. The Morgan fingerprint density at radius 3 is 2.70 bits per heavy atom. The molecule has 0 spiro atoms. The standard InChI is InChI=1S/C8H17NO/c1-7(10)5-6-9-8-3-2-4-8/h7-10H,2-6H2,1H3. The fraction of sp³-hybridized carbons (Fsp3) is 1.00. The van der Waals surface area contributed by atoms with E-state index in [2.05, 4.69) is 5.32 Å². The molecule has 1 atom stereocenters. The smallest absolute Gasteiger partial charge is 0.0524 e. The first-order valence-electron chi connectivity index (χ1n) is 4.20. The van der Waals surface area contributed by atoms with Crippen LogP contribution in [-0.4, -0.2) is 23.8 Å². The van der Waals surface area contributed by atoms with Crippen molar-refractivity contribution in [1.82, 2.24) is 5.32 Å². The van der Waals surface area contributed by atoms with Gasteiger partial charge in [0.25, 0.3) is 0 Å². The van der Waals surface area contributed by atoms with Crippen LogP contribution in [0.3, 0.4) is 0 Å². The number of hydrogen-bond acceptors (Lipinski definition) is 2. The van der Waals surface area contributed by atoms with Crippen molar-refractivity contribution in [3.05, 3.63) is 0 Å². The molecule has 1 rings (SSSR count). The molecule has 0 saturated heterocycles. The highest BCUT2D eigenvalue weighted by Crippen LogP contribution is 2.17. The van der Waals surface area contributed by atoms with Crippen molar-refractivity contribution in [3.63, 3.8) is 0 Å². The molecule has 2 heteroatoms. The van der Waals surface area contributed by atoms with Crippen LogP contribution in [0.4, 0.5) is 0 Å². The predicted octanol–water partition coefficient (Wildman–Crippen LogP) is 0.899. The molecule has 1 unspecified atom stereocenters. The highest BCUT2D eigenvalue weighted by atomic mass is 16.3. The molecule has 0 amide bonds. The van der Waals surface area contributed by atoms with Gasteiger partial charge < -0.3 is 10.4 Å². The van der Waals surface area contributed by atoms with E-state index in [-0.39, 0.29) is 6.10 Å². The third-order valence-electron chi connectivity index (χ3n) is 2.10. The van der Waals surface area contributed by atoms with Crippen LogP contribution in [0.25, 0.3) is 0 Å². The van der Waals surface area contributed by atoms with Crippen molar-refractivity contribution in [1.29, 1.82) is 0 Å². The average molecular weight is 143 g/mol. The molecule has 60 valence electrons. The van der Waals surface area contributed by atoms with Gasteiger partial charge in [-0.25, -0.2) is 0 Å². The Kier molecular flexibility index (Phi) is 3.16. The van der Waals surface area contributed by atoms with Gasteiger partial charge in [0, 0.05) is 6.04 Å². The summed E-state index contributed by atoms with van der Waals surface area (Å²) < 4.78 is 0. The van der Waals surface area contributed by atoms with Crippen molar-refractivity contribution in [2.45, 2.75) is 44.8 Å². The van der Waals surface area contributed by atoms with Gasteiger partial charge in [0.2, 0.25) is 0 Å². The summed E-state index contributed by atoms with van der Waals surface area (Å²) in [4.78, 5) is 0. The second kappa shape index (κ2) is 3.94. The third kappa shape index (κ3) is 2.67. The Morgan fingerprint density at radius 2 is 2.30 bits per heavy atom. The van der Waals surface area contributed by atoms with E-state index < -0.39 is 0 Å². The zero-order valence-corrected chi connectivity index (χ0v) is 6.64. The fourth-order valence-electron chi connectivity index (χ4n) is 1.11. The number of aliphatic hydroxyl groups is 1. The van der Waals surface area contributed by atoms with E-state index in [1.807, 2.05) is 6.92 Å². The normalized spacial score (nSPS) is 22.2. The van der Waals surface area contributed by atoms with Crippen LogP contribution in [0, 0.1) is 0 Å². The molecule has 2 N–H and O–H groups in total. The maximum Gasteiger partial charge on any atom is 0.0524 e. The Balaban J connectivity index is 1.85. The summed E-state index contributed by atoms with van der Waals surface area (Å²) in [5, 5.41) is 12.3. The molecular formula is C8H17NO. The third-order valence-corrected chi connectivity index (χ3v) is 2.10. The second-order valence-electron chi connectivity index (χ2n) is 3.22. The molecule has 1 aliphatic rings. The van der Waals surface area contributed by atoms with Gasteiger partial charge >= 0.3 is 0 Å². The van der Waals surface area contributed by atoms with Crippen LogP contribution >= 0.6 is 0 Å². The first kappa shape index (κ1) is 8.02. The maximum atomic E-state index is 8.92. The van der Waals surface area contributed by atoms with E-state index >= 15 is 0 Å². The summed E-state index contributed by atoms with van der Waals surface area (Å²) >= 11 is 0. The van der Waals surface area contributed by atoms with E-state index in [4.69, 9.17) is 5.11 Å². The van der Waals surface area contributed by atoms with Gasteiger partial charge in [-0.1, -0.05) is 6.42 Å². The maximum absolute atomic E-state index is 8.92. The molecule has 10 heavy (non-hydrogen) atoms. The van der Waals surface area contributed by atoms with Crippen molar-refractivity contribution in [2.75, 3.05) is 6.54 Å². The van der Waals surface area contributed by atoms with Crippen LogP contribution in [0.15, 0.2) is 0 Å². The van der Waals surface area contributed by atoms with Gasteiger partial charge in [0.05, 0.1) is 6.10 Å². The molecular weight excluding hydrogens is 126 g/mol. The van der Waals surface area contributed by atoms with Crippen LogP contribution in [0.5, 0.6) is 0 Å². The van der Waals surface area contributed by atoms with Gasteiger partial charge in [0.1, 0.15) is 0 Å². The van der Waals surface area contributed by atoms with E-state index in [0.29, 0.717) is 0 Å². The summed E-state index contributed by atoms with van der Waals surface area (Å²) in [6, 6.07) is 0.763. The van der Waals surface area contributed by atoms with Crippen molar-refractivity contribution in [3.8, 4) is 0 Å². The molecule has 1 aliphatic carbocycles. The highest BCUT2D eigenvalue weighted by molar-refractivity contribution is 4.76. The number of rotatable bonds is 4. The Hall–Kier alpha value is -0.0800. The van der Waals surface area contributed by atoms with Crippen LogP contribution in [0.2, 0.25) is 0 Å². The van der Waals surface area contributed by atoms with Crippen LogP contribution < -0.4 is 5.32 Å². The monoisotopic (exact) mass is 143 g/mol. The Labute approximate surface area is 62.6 Å². The zero-order chi connectivity index (χ0) is 7.40. The van der Waals surface area contributed by atoms with E-state index in [1.165, 1.54) is 19.3 Å². The predicted molar refractivity (Wildman–Crippen MR) is 41.9 cm³/mol. The number of hydrogen-bond donors (Lipinski definition) is 2. The van der Waals surface area contributed by atoms with Crippen LogP contribution in [-0.2, 0) is 0 Å². The van der Waals surface area contributed by atoms with Crippen molar-refractivity contribution >= 4 is 0 Å². The minimum absolute atomic E-state index is 0.146. The van der Waals surface area contributed by atoms with Crippen molar-refractivity contribution in [2.24, 2.45) is 0 Å². The molecule has 1 saturated carbocycles. The summed E-state index contributed by atoms with van der Waals surface area (Å²) in [5.74, 6) is 0. The lowest BCUT2D eigenvalue weighted by Crippen LogP contribution is -2.36. The summed E-state index contributed by atoms with van der Waals surface area (Å²) in [7, 11) is 0. The minimum Gasteiger partial charge on any atom is -0.393 e. The molecule has 0 radical (unpaired) electrons. The lowest BCUT2D eigenvalue weighted by atomic mass is 9.93. The SMILES string of the molecule is CC(O)CCNC1CCC1. The van der Waals surface area contributed by atoms with Gasteiger partial charge in [-0.3, -0.25) is 0 Å². The van der Waals surface area contributed by atoms with E-state index in [9.17, 15) is 0 Å². The Morgan fingerprint density at radius 1 is 1.60 bits per heavy atom. The molecule has 2 nitrogen and oxygen atoms in total. The second-order valence-corrected chi connectivity index (χ2v) is 3.22.